The van der Waals surface area contributed by atoms with Crippen molar-refractivity contribution in [2.24, 2.45) is 0 Å². The molecular formula is C13H12N2O5. The minimum absolute atomic E-state index is 0.0310. The van der Waals surface area contributed by atoms with Crippen LogP contribution in [-0.2, 0) is 14.3 Å². The van der Waals surface area contributed by atoms with E-state index >= 15 is 0 Å². The Morgan fingerprint density at radius 1 is 1.50 bits per heavy atom. The number of nitriles is 1. The Labute approximate surface area is 115 Å². The summed E-state index contributed by atoms with van der Waals surface area (Å²) in [5.41, 5.74) is 0.0184. The third-order valence-electron chi connectivity index (χ3n) is 2.25. The van der Waals surface area contributed by atoms with Crippen LogP contribution in [0.25, 0.3) is 6.08 Å². The summed E-state index contributed by atoms with van der Waals surface area (Å²) in [6.45, 7) is 0.255. The second-order valence-electron chi connectivity index (χ2n) is 3.65. The smallest absolute Gasteiger partial charge is 0.348 e. The van der Waals surface area contributed by atoms with Crippen molar-refractivity contribution in [1.29, 1.82) is 5.26 Å². The van der Waals surface area contributed by atoms with Crippen molar-refractivity contribution < 1.29 is 19.2 Å². The molecule has 0 bridgehead atoms. The summed E-state index contributed by atoms with van der Waals surface area (Å²) < 4.78 is 9.51. The number of rotatable bonds is 6. The fraction of sp³-hybridized carbons (Fsp3) is 0.231. The van der Waals surface area contributed by atoms with E-state index in [1.807, 2.05) is 0 Å². The van der Waals surface area contributed by atoms with Crippen LogP contribution >= 0.6 is 0 Å². The summed E-state index contributed by atoms with van der Waals surface area (Å²) in [5.74, 6) is -0.795. The second-order valence-corrected chi connectivity index (χ2v) is 3.65. The zero-order valence-electron chi connectivity index (χ0n) is 10.7. The minimum atomic E-state index is -0.795. The summed E-state index contributed by atoms with van der Waals surface area (Å²) in [7, 11) is 1.46. The van der Waals surface area contributed by atoms with E-state index in [4.69, 9.17) is 14.7 Å². The molecule has 7 heteroatoms. The first-order valence-corrected chi connectivity index (χ1v) is 5.60. The fourth-order valence-corrected chi connectivity index (χ4v) is 1.33. The maximum Gasteiger partial charge on any atom is 0.348 e. The highest BCUT2D eigenvalue weighted by molar-refractivity contribution is 5.97. The molecule has 0 amide bonds. The molecule has 0 aliphatic carbocycles. The number of non-ortho nitro benzene ring substituents is 1. The first kappa shape index (κ1) is 15.3. The number of nitrogens with zero attached hydrogens (tertiary/aromatic N) is 2. The van der Waals surface area contributed by atoms with E-state index in [-0.39, 0.29) is 24.5 Å². The molecule has 0 atom stereocenters. The van der Waals surface area contributed by atoms with Crippen LogP contribution in [-0.4, -0.2) is 31.2 Å². The highest BCUT2D eigenvalue weighted by atomic mass is 16.6. The van der Waals surface area contributed by atoms with Gasteiger partial charge in [0.05, 0.1) is 11.5 Å². The van der Waals surface area contributed by atoms with Crippen molar-refractivity contribution in [3.63, 3.8) is 0 Å². The van der Waals surface area contributed by atoms with E-state index in [0.29, 0.717) is 5.56 Å². The maximum absolute atomic E-state index is 11.6. The lowest BCUT2D eigenvalue weighted by Crippen LogP contribution is -2.11. The lowest BCUT2D eigenvalue weighted by molar-refractivity contribution is -0.384. The van der Waals surface area contributed by atoms with Gasteiger partial charge in [-0.3, -0.25) is 10.1 Å². The summed E-state index contributed by atoms with van der Waals surface area (Å²) in [5, 5.41) is 19.5. The summed E-state index contributed by atoms with van der Waals surface area (Å²) >= 11 is 0. The van der Waals surface area contributed by atoms with Gasteiger partial charge >= 0.3 is 5.97 Å². The zero-order chi connectivity index (χ0) is 15.0. The number of carbonyl (C=O) groups excluding carboxylic acids is 1. The standard InChI is InChI=1S/C13H12N2O5/c1-19-5-6-20-13(16)11(9-14)7-10-3-2-4-12(8-10)15(17)18/h2-4,7-8H,5-6H2,1H3/b11-7+. The number of nitro groups is 1. The third kappa shape index (κ3) is 4.51. The Morgan fingerprint density at radius 2 is 2.25 bits per heavy atom. The topological polar surface area (TPSA) is 102 Å². The van der Waals surface area contributed by atoms with Gasteiger partial charge in [-0.1, -0.05) is 12.1 Å². The van der Waals surface area contributed by atoms with Crippen LogP contribution in [0.4, 0.5) is 5.69 Å². The van der Waals surface area contributed by atoms with Gasteiger partial charge in [0, 0.05) is 19.2 Å². The van der Waals surface area contributed by atoms with Crippen molar-refractivity contribution in [2.45, 2.75) is 0 Å². The van der Waals surface area contributed by atoms with E-state index in [2.05, 4.69) is 0 Å². The first-order valence-electron chi connectivity index (χ1n) is 5.60. The molecule has 0 unspecified atom stereocenters. The number of methoxy groups -OCH3 is 1. The summed E-state index contributed by atoms with van der Waals surface area (Å²) in [6.07, 6.45) is 1.24. The molecule has 0 radical (unpaired) electrons. The molecule has 20 heavy (non-hydrogen) atoms. The molecule has 7 nitrogen and oxygen atoms in total. The number of ether oxygens (including phenoxy) is 2. The van der Waals surface area contributed by atoms with E-state index in [1.165, 1.54) is 31.4 Å². The predicted molar refractivity (Wildman–Crippen MR) is 69.5 cm³/mol. The lowest BCUT2D eigenvalue weighted by Gasteiger charge is -2.02. The molecule has 104 valence electrons. The maximum atomic E-state index is 11.6. The molecule has 0 aliphatic rings. The van der Waals surface area contributed by atoms with Crippen molar-refractivity contribution in [3.8, 4) is 6.07 Å². The number of nitro benzene ring substituents is 1. The van der Waals surface area contributed by atoms with Crippen molar-refractivity contribution in [1.82, 2.24) is 0 Å². The zero-order valence-corrected chi connectivity index (χ0v) is 10.7. The Hall–Kier alpha value is -2.72. The monoisotopic (exact) mass is 276 g/mol. The van der Waals surface area contributed by atoms with E-state index in [1.54, 1.807) is 12.1 Å². The summed E-state index contributed by atoms with van der Waals surface area (Å²) in [4.78, 5) is 21.6. The van der Waals surface area contributed by atoms with Crippen molar-refractivity contribution >= 4 is 17.7 Å². The van der Waals surface area contributed by atoms with Gasteiger partial charge in [-0.15, -0.1) is 0 Å². The van der Waals surface area contributed by atoms with Gasteiger partial charge in [0.2, 0.25) is 0 Å². The normalized spacial score (nSPS) is 10.7. The predicted octanol–water partition coefficient (Wildman–Crippen LogP) is 1.69. The molecule has 1 aromatic rings. The van der Waals surface area contributed by atoms with E-state index in [9.17, 15) is 14.9 Å². The van der Waals surface area contributed by atoms with Gasteiger partial charge in [-0.05, 0) is 11.6 Å². The number of benzene rings is 1. The summed E-state index contributed by atoms with van der Waals surface area (Å²) in [6, 6.07) is 7.30. The van der Waals surface area contributed by atoms with Crippen LogP contribution in [0, 0.1) is 21.4 Å². The number of hydrogen-bond donors (Lipinski definition) is 0. The molecule has 0 heterocycles. The van der Waals surface area contributed by atoms with Gasteiger partial charge in [-0.2, -0.15) is 5.26 Å². The largest absolute Gasteiger partial charge is 0.459 e. The highest BCUT2D eigenvalue weighted by Crippen LogP contribution is 2.16. The molecule has 0 N–H and O–H groups in total. The first-order chi connectivity index (χ1) is 9.58. The van der Waals surface area contributed by atoms with Gasteiger partial charge in [0.25, 0.3) is 5.69 Å². The van der Waals surface area contributed by atoms with Crippen LogP contribution in [0.15, 0.2) is 29.8 Å². The number of carbonyl (C=O) groups is 1. The number of esters is 1. The average molecular weight is 276 g/mol. The second kappa shape index (κ2) is 7.66. The molecular weight excluding hydrogens is 264 g/mol. The van der Waals surface area contributed by atoms with Crippen LogP contribution in [0.2, 0.25) is 0 Å². The molecule has 0 aliphatic heterocycles. The third-order valence-corrected chi connectivity index (χ3v) is 2.25. The molecule has 0 spiro atoms. The molecule has 1 aromatic carbocycles. The molecule has 0 saturated carbocycles. The van der Waals surface area contributed by atoms with Gasteiger partial charge < -0.3 is 9.47 Å². The van der Waals surface area contributed by atoms with Crippen molar-refractivity contribution in [2.75, 3.05) is 20.3 Å². The highest BCUT2D eigenvalue weighted by Gasteiger charge is 2.11. The molecule has 1 rings (SSSR count). The van der Waals surface area contributed by atoms with Crippen LogP contribution in [0.3, 0.4) is 0 Å². The Bertz CT molecular complexity index is 574. The van der Waals surface area contributed by atoms with E-state index < -0.39 is 10.9 Å². The molecule has 0 fully saturated rings. The number of hydrogen-bond acceptors (Lipinski definition) is 6. The van der Waals surface area contributed by atoms with Gasteiger partial charge in [0.15, 0.2) is 0 Å². The molecule has 0 saturated heterocycles. The lowest BCUT2D eigenvalue weighted by atomic mass is 10.1. The fourth-order valence-electron chi connectivity index (χ4n) is 1.33. The Balaban J connectivity index is 2.89. The Kier molecular flexibility index (Phi) is 5.87. The quantitative estimate of drug-likeness (QED) is 0.196. The van der Waals surface area contributed by atoms with Crippen molar-refractivity contribution in [3.05, 3.63) is 45.5 Å². The SMILES string of the molecule is COCCOC(=O)/C(C#N)=C/c1cccc([N+](=O)[O-])c1. The molecule has 0 aromatic heterocycles. The minimum Gasteiger partial charge on any atom is -0.459 e. The average Bonchev–Trinajstić information content (AvgIpc) is 2.45. The van der Waals surface area contributed by atoms with Crippen LogP contribution in [0.1, 0.15) is 5.56 Å². The Morgan fingerprint density at radius 3 is 2.85 bits per heavy atom. The van der Waals surface area contributed by atoms with Crippen LogP contribution in [0.5, 0.6) is 0 Å². The van der Waals surface area contributed by atoms with Crippen LogP contribution < -0.4 is 0 Å². The van der Waals surface area contributed by atoms with E-state index in [0.717, 1.165) is 0 Å². The van der Waals surface area contributed by atoms with Gasteiger partial charge in [0.1, 0.15) is 18.2 Å². The van der Waals surface area contributed by atoms with Gasteiger partial charge in [-0.25, -0.2) is 4.79 Å².